The molecule has 2 heterocycles. The predicted molar refractivity (Wildman–Crippen MR) is 90.9 cm³/mol. The summed E-state index contributed by atoms with van der Waals surface area (Å²) in [5.74, 6) is 0.398. The van der Waals surface area contributed by atoms with Crippen LogP contribution < -0.4 is 16.0 Å². The van der Waals surface area contributed by atoms with E-state index in [2.05, 4.69) is 20.2 Å². The Labute approximate surface area is 139 Å². The summed E-state index contributed by atoms with van der Waals surface area (Å²) >= 11 is 6.03. The summed E-state index contributed by atoms with van der Waals surface area (Å²) in [5.41, 5.74) is 7.41. The molecule has 2 aromatic rings. The van der Waals surface area contributed by atoms with Crippen molar-refractivity contribution in [1.29, 1.82) is 0 Å². The maximum atomic E-state index is 11.2. The smallest absolute Gasteiger partial charge is 0.220 e. The van der Waals surface area contributed by atoms with Gasteiger partial charge in [0, 0.05) is 30.4 Å². The van der Waals surface area contributed by atoms with E-state index in [9.17, 15) is 4.79 Å². The van der Waals surface area contributed by atoms with Crippen LogP contribution in [0.3, 0.4) is 0 Å². The van der Waals surface area contributed by atoms with E-state index in [0.717, 1.165) is 37.3 Å². The van der Waals surface area contributed by atoms with Crippen molar-refractivity contribution in [1.82, 2.24) is 9.97 Å². The van der Waals surface area contributed by atoms with E-state index in [1.165, 1.54) is 6.33 Å². The molecule has 1 aromatic carbocycles. The number of halogens is 1. The van der Waals surface area contributed by atoms with Gasteiger partial charge in [0.1, 0.15) is 11.3 Å². The van der Waals surface area contributed by atoms with Gasteiger partial charge in [-0.15, -0.1) is 0 Å². The van der Waals surface area contributed by atoms with Crippen LogP contribution in [-0.2, 0) is 4.79 Å². The summed E-state index contributed by atoms with van der Waals surface area (Å²) < 4.78 is 0. The van der Waals surface area contributed by atoms with Gasteiger partial charge in [-0.1, -0.05) is 11.6 Å². The molecule has 0 bridgehead atoms. The van der Waals surface area contributed by atoms with E-state index in [1.807, 2.05) is 24.3 Å². The number of carbonyl (C=O) groups is 1. The molecule has 0 aliphatic carbocycles. The number of hydrogen-bond donors (Lipinski definition) is 2. The van der Waals surface area contributed by atoms with Gasteiger partial charge in [0.15, 0.2) is 5.82 Å². The largest absolute Gasteiger partial charge is 0.371 e. The van der Waals surface area contributed by atoms with Crippen LogP contribution in [0, 0.1) is 5.92 Å². The highest BCUT2D eigenvalue weighted by atomic mass is 35.5. The normalized spacial score (nSPS) is 15.4. The molecule has 1 amide bonds. The Hall–Kier alpha value is -2.34. The molecule has 7 heteroatoms. The highest BCUT2D eigenvalue weighted by Gasteiger charge is 2.23. The maximum Gasteiger partial charge on any atom is 0.220 e. The molecule has 3 rings (SSSR count). The van der Waals surface area contributed by atoms with Crippen LogP contribution in [0.1, 0.15) is 12.8 Å². The van der Waals surface area contributed by atoms with Crippen molar-refractivity contribution in [3.8, 4) is 0 Å². The Morgan fingerprint density at radius 1 is 1.26 bits per heavy atom. The number of nitrogens with two attached hydrogens (primary N) is 1. The van der Waals surface area contributed by atoms with Gasteiger partial charge in [-0.05, 0) is 37.1 Å². The lowest BCUT2D eigenvalue weighted by molar-refractivity contribution is -0.122. The maximum absolute atomic E-state index is 11.2. The zero-order valence-corrected chi connectivity index (χ0v) is 13.3. The molecule has 0 unspecified atom stereocenters. The van der Waals surface area contributed by atoms with Gasteiger partial charge in [-0.2, -0.15) is 0 Å². The second kappa shape index (κ2) is 6.83. The number of anilines is 3. The Balaban J connectivity index is 1.64. The standard InChI is InChI=1S/C16H18ClN5O/c17-14-9-19-10-20-16(14)21-12-1-3-13(4-2-12)22-7-5-11(6-8-22)15(18)23/h1-4,9-11H,5-8H2,(H2,18,23)(H,19,20,21). The van der Waals surface area contributed by atoms with E-state index < -0.39 is 0 Å². The van der Waals surface area contributed by atoms with Crippen LogP contribution in [0.4, 0.5) is 17.2 Å². The van der Waals surface area contributed by atoms with Crippen LogP contribution in [0.25, 0.3) is 0 Å². The first-order valence-electron chi connectivity index (χ1n) is 7.50. The molecule has 0 atom stereocenters. The predicted octanol–water partition coefficient (Wildman–Crippen LogP) is 2.58. The van der Waals surface area contributed by atoms with Crippen LogP contribution in [0.5, 0.6) is 0 Å². The highest BCUT2D eigenvalue weighted by Crippen LogP contribution is 2.26. The summed E-state index contributed by atoms with van der Waals surface area (Å²) in [4.78, 5) is 21.4. The zero-order valence-electron chi connectivity index (χ0n) is 12.6. The number of piperidine rings is 1. The van der Waals surface area contributed by atoms with Crippen molar-refractivity contribution in [2.75, 3.05) is 23.3 Å². The van der Waals surface area contributed by atoms with E-state index in [4.69, 9.17) is 17.3 Å². The van der Waals surface area contributed by atoms with Gasteiger partial charge < -0.3 is 16.0 Å². The van der Waals surface area contributed by atoms with Crippen molar-refractivity contribution in [3.05, 3.63) is 41.8 Å². The number of nitrogens with zero attached hydrogens (tertiary/aromatic N) is 3. The van der Waals surface area contributed by atoms with Gasteiger partial charge in [0.25, 0.3) is 0 Å². The second-order valence-corrected chi connectivity index (χ2v) is 5.96. The number of hydrogen-bond acceptors (Lipinski definition) is 5. The molecule has 1 saturated heterocycles. The lowest BCUT2D eigenvalue weighted by atomic mass is 9.96. The Bertz CT molecular complexity index is 683. The fraction of sp³-hybridized carbons (Fsp3) is 0.312. The summed E-state index contributed by atoms with van der Waals surface area (Å²) in [5, 5.41) is 3.64. The third kappa shape index (κ3) is 3.71. The van der Waals surface area contributed by atoms with Crippen LogP contribution >= 0.6 is 11.6 Å². The summed E-state index contributed by atoms with van der Waals surface area (Å²) in [6, 6.07) is 8.05. The highest BCUT2D eigenvalue weighted by molar-refractivity contribution is 6.32. The molecule has 1 aromatic heterocycles. The lowest BCUT2D eigenvalue weighted by Crippen LogP contribution is -2.38. The minimum Gasteiger partial charge on any atom is -0.371 e. The molecule has 0 saturated carbocycles. The monoisotopic (exact) mass is 331 g/mol. The number of primary amides is 1. The molecule has 6 nitrogen and oxygen atoms in total. The first-order valence-corrected chi connectivity index (χ1v) is 7.88. The molecule has 1 aliphatic heterocycles. The van der Waals surface area contributed by atoms with Gasteiger partial charge in [-0.3, -0.25) is 4.79 Å². The number of nitrogens with one attached hydrogen (secondary N) is 1. The average molecular weight is 332 g/mol. The minimum absolute atomic E-state index is 0.00657. The third-order valence-corrected chi connectivity index (χ3v) is 4.34. The van der Waals surface area contributed by atoms with Crippen molar-refractivity contribution in [3.63, 3.8) is 0 Å². The van der Waals surface area contributed by atoms with Gasteiger partial charge in [0.2, 0.25) is 5.91 Å². The van der Waals surface area contributed by atoms with Gasteiger partial charge >= 0.3 is 0 Å². The van der Waals surface area contributed by atoms with Crippen LogP contribution in [-0.4, -0.2) is 29.0 Å². The molecule has 23 heavy (non-hydrogen) atoms. The quantitative estimate of drug-likeness (QED) is 0.899. The zero-order chi connectivity index (χ0) is 16.2. The van der Waals surface area contributed by atoms with E-state index >= 15 is 0 Å². The van der Waals surface area contributed by atoms with Gasteiger partial charge in [-0.25, -0.2) is 9.97 Å². The Kier molecular flexibility index (Phi) is 4.62. The second-order valence-electron chi connectivity index (χ2n) is 5.55. The number of rotatable bonds is 4. The van der Waals surface area contributed by atoms with Crippen LogP contribution in [0.2, 0.25) is 5.02 Å². The summed E-state index contributed by atoms with van der Waals surface area (Å²) in [7, 11) is 0. The minimum atomic E-state index is -0.189. The number of amides is 1. The Morgan fingerprint density at radius 3 is 2.57 bits per heavy atom. The first kappa shape index (κ1) is 15.6. The SMILES string of the molecule is NC(=O)C1CCN(c2ccc(Nc3ncncc3Cl)cc2)CC1. The number of aromatic nitrogens is 2. The molecular formula is C16H18ClN5O. The van der Waals surface area contributed by atoms with E-state index in [-0.39, 0.29) is 11.8 Å². The molecular weight excluding hydrogens is 314 g/mol. The fourth-order valence-corrected chi connectivity index (χ4v) is 2.87. The number of benzene rings is 1. The number of carbonyl (C=O) groups excluding carboxylic acids is 1. The third-order valence-electron chi connectivity index (χ3n) is 4.06. The topological polar surface area (TPSA) is 84.1 Å². The summed E-state index contributed by atoms with van der Waals surface area (Å²) in [6.45, 7) is 1.69. The van der Waals surface area contributed by atoms with Crippen molar-refractivity contribution in [2.45, 2.75) is 12.8 Å². The molecule has 120 valence electrons. The van der Waals surface area contributed by atoms with Crippen LogP contribution in [0.15, 0.2) is 36.8 Å². The van der Waals surface area contributed by atoms with Crippen molar-refractivity contribution < 1.29 is 4.79 Å². The lowest BCUT2D eigenvalue weighted by Gasteiger charge is -2.32. The molecule has 3 N–H and O–H groups in total. The molecule has 1 fully saturated rings. The molecule has 1 aliphatic rings. The molecule has 0 spiro atoms. The van der Waals surface area contributed by atoms with Crippen molar-refractivity contribution in [2.24, 2.45) is 11.7 Å². The van der Waals surface area contributed by atoms with Crippen molar-refractivity contribution >= 4 is 34.7 Å². The van der Waals surface area contributed by atoms with Gasteiger partial charge in [0.05, 0.1) is 6.20 Å². The first-order chi connectivity index (χ1) is 11.1. The summed E-state index contributed by atoms with van der Waals surface area (Å²) in [6.07, 6.45) is 4.62. The average Bonchev–Trinajstić information content (AvgIpc) is 2.58. The van der Waals surface area contributed by atoms with E-state index in [1.54, 1.807) is 6.20 Å². The van der Waals surface area contributed by atoms with E-state index in [0.29, 0.717) is 10.8 Å². The fourth-order valence-electron chi connectivity index (χ4n) is 2.72. The molecule has 0 radical (unpaired) electrons. The Morgan fingerprint density at radius 2 is 1.96 bits per heavy atom.